The summed E-state index contributed by atoms with van der Waals surface area (Å²) in [5, 5.41) is 15.6. The number of carboxylic acids is 1. The zero-order valence-electron chi connectivity index (χ0n) is 14.8. The molecule has 1 aromatic carbocycles. The monoisotopic (exact) mass is 409 g/mol. The van der Waals surface area contributed by atoms with Crippen molar-refractivity contribution in [3.05, 3.63) is 38.9 Å². The molecule has 2 heterocycles. The molecule has 3 fully saturated rings. The summed E-state index contributed by atoms with van der Waals surface area (Å²) in [6, 6.07) is 0.400. The van der Waals surface area contributed by atoms with Crippen molar-refractivity contribution in [2.45, 2.75) is 37.5 Å². The molecule has 6 nitrogen and oxygen atoms in total. The third kappa shape index (κ3) is 2.54. The maximum atomic E-state index is 14.9. The maximum absolute atomic E-state index is 14.9. The van der Waals surface area contributed by atoms with Gasteiger partial charge in [0.05, 0.1) is 27.7 Å². The molecule has 3 N–H and O–H groups in total. The zero-order chi connectivity index (χ0) is 19.8. The number of aromatic carboxylic acids is 1. The molecule has 2 aromatic rings. The van der Waals surface area contributed by atoms with Crippen molar-refractivity contribution in [2.24, 2.45) is 5.41 Å². The van der Waals surface area contributed by atoms with Crippen molar-refractivity contribution in [3.63, 3.8) is 0 Å². The van der Waals surface area contributed by atoms with Gasteiger partial charge >= 0.3 is 5.97 Å². The number of nitrogens with one attached hydrogen (secondary N) is 2. The predicted molar refractivity (Wildman–Crippen MR) is 101 cm³/mol. The Kier molecular flexibility index (Phi) is 3.77. The van der Waals surface area contributed by atoms with Crippen molar-refractivity contribution in [1.29, 1.82) is 0 Å². The number of nitrogens with zero attached hydrogens (tertiary/aromatic N) is 1. The van der Waals surface area contributed by atoms with Crippen LogP contribution >= 0.6 is 11.6 Å². The molecule has 0 unspecified atom stereocenters. The molecule has 3 aliphatic rings. The Hall–Kier alpha value is -2.19. The predicted octanol–water partition coefficient (Wildman–Crippen LogP) is 2.94. The molecule has 0 bridgehead atoms. The average molecular weight is 410 g/mol. The van der Waals surface area contributed by atoms with Crippen LogP contribution in [0.15, 0.2) is 17.1 Å². The van der Waals surface area contributed by atoms with Gasteiger partial charge < -0.3 is 20.3 Å². The van der Waals surface area contributed by atoms with Gasteiger partial charge in [0.2, 0.25) is 5.43 Å². The highest BCUT2D eigenvalue weighted by atomic mass is 35.5. The van der Waals surface area contributed by atoms with Gasteiger partial charge in [-0.25, -0.2) is 13.6 Å². The third-order valence-electron chi connectivity index (χ3n) is 6.25. The van der Waals surface area contributed by atoms with E-state index >= 15 is 0 Å². The van der Waals surface area contributed by atoms with Crippen molar-refractivity contribution in [2.75, 3.05) is 18.4 Å². The summed E-state index contributed by atoms with van der Waals surface area (Å²) in [7, 11) is 0. The van der Waals surface area contributed by atoms with Gasteiger partial charge in [-0.2, -0.15) is 0 Å². The minimum atomic E-state index is -1.44. The fourth-order valence-electron chi connectivity index (χ4n) is 4.30. The van der Waals surface area contributed by atoms with Crippen LogP contribution in [0.25, 0.3) is 10.9 Å². The van der Waals surface area contributed by atoms with Crippen LogP contribution in [0.5, 0.6) is 0 Å². The smallest absolute Gasteiger partial charge is 0.341 e. The van der Waals surface area contributed by atoms with E-state index in [-0.39, 0.29) is 39.5 Å². The van der Waals surface area contributed by atoms with Gasteiger partial charge in [0.15, 0.2) is 0 Å². The summed E-state index contributed by atoms with van der Waals surface area (Å²) in [6.45, 7) is 1.53. The Labute approximate surface area is 163 Å². The lowest BCUT2D eigenvalue weighted by molar-refractivity contribution is 0.0694. The Morgan fingerprint density at radius 1 is 1.43 bits per heavy atom. The van der Waals surface area contributed by atoms with Crippen molar-refractivity contribution >= 4 is 34.2 Å². The van der Waals surface area contributed by atoms with Crippen LogP contribution in [0.1, 0.15) is 35.7 Å². The molecule has 1 saturated heterocycles. The fraction of sp³-hybridized carbons (Fsp3) is 0.474. The number of hydrogen-bond donors (Lipinski definition) is 3. The number of pyridine rings is 1. The molecule has 148 valence electrons. The van der Waals surface area contributed by atoms with Crippen molar-refractivity contribution in [3.8, 4) is 0 Å². The molecule has 0 radical (unpaired) electrons. The molecule has 1 aromatic heterocycles. The normalized spacial score (nSPS) is 27.3. The molecule has 2 saturated carbocycles. The van der Waals surface area contributed by atoms with E-state index in [4.69, 9.17) is 11.6 Å². The van der Waals surface area contributed by atoms with Crippen LogP contribution in [0.3, 0.4) is 0 Å². The minimum Gasteiger partial charge on any atom is -0.477 e. The van der Waals surface area contributed by atoms with Crippen LogP contribution in [-0.4, -0.2) is 40.9 Å². The number of carboxylic acid groups (broad SMARTS) is 1. The highest BCUT2D eigenvalue weighted by Gasteiger charge is 2.52. The van der Waals surface area contributed by atoms with Gasteiger partial charge in [0.25, 0.3) is 0 Å². The van der Waals surface area contributed by atoms with Crippen molar-refractivity contribution in [1.82, 2.24) is 9.88 Å². The second-order valence-electron chi connectivity index (χ2n) is 8.04. The number of carbonyl (C=O) groups is 1. The van der Waals surface area contributed by atoms with Gasteiger partial charge in [-0.15, -0.1) is 0 Å². The molecule has 9 heteroatoms. The topological polar surface area (TPSA) is 83.4 Å². The fourth-order valence-corrected chi connectivity index (χ4v) is 4.64. The van der Waals surface area contributed by atoms with E-state index < -0.39 is 35.0 Å². The number of anilines is 1. The third-order valence-corrected chi connectivity index (χ3v) is 6.62. The first-order valence-corrected chi connectivity index (χ1v) is 9.62. The lowest BCUT2D eigenvalue weighted by Crippen LogP contribution is -2.30. The van der Waals surface area contributed by atoms with E-state index in [1.54, 1.807) is 0 Å². The van der Waals surface area contributed by atoms with E-state index in [1.807, 2.05) is 0 Å². The summed E-state index contributed by atoms with van der Waals surface area (Å²) >= 11 is 6.51. The van der Waals surface area contributed by atoms with Crippen molar-refractivity contribution < 1.29 is 18.7 Å². The zero-order valence-corrected chi connectivity index (χ0v) is 15.5. The Bertz CT molecular complexity index is 1080. The van der Waals surface area contributed by atoms with Gasteiger partial charge in [-0.05, 0) is 18.9 Å². The average Bonchev–Trinajstić information content (AvgIpc) is 3.52. The minimum absolute atomic E-state index is 0.00487. The van der Waals surface area contributed by atoms with Crippen LogP contribution in [0, 0.1) is 11.2 Å². The van der Waals surface area contributed by atoms with E-state index in [9.17, 15) is 23.5 Å². The highest BCUT2D eigenvalue weighted by Crippen LogP contribution is 2.52. The SMILES string of the molecule is O=C(O)c1cn([C@@H]2C[C@@H]2F)c2c(Cl)c(N[C@@H]3CNCC34CC4)c(F)cc2c1=O. The first kappa shape index (κ1) is 17.9. The van der Waals surface area contributed by atoms with Gasteiger partial charge in [-0.1, -0.05) is 11.6 Å². The van der Waals surface area contributed by atoms with Gasteiger partial charge in [0.1, 0.15) is 17.6 Å². The number of benzene rings is 1. The maximum Gasteiger partial charge on any atom is 0.341 e. The van der Waals surface area contributed by atoms with E-state index in [2.05, 4.69) is 10.6 Å². The lowest BCUT2D eigenvalue weighted by atomic mass is 10.00. The molecule has 28 heavy (non-hydrogen) atoms. The first-order valence-electron chi connectivity index (χ1n) is 9.24. The molecule has 5 rings (SSSR count). The van der Waals surface area contributed by atoms with Crippen LogP contribution < -0.4 is 16.1 Å². The molecule has 3 atom stereocenters. The van der Waals surface area contributed by atoms with E-state index in [1.165, 1.54) is 4.57 Å². The molecule has 1 spiro atoms. The number of aromatic nitrogens is 1. The van der Waals surface area contributed by atoms with Crippen LogP contribution in [0.2, 0.25) is 5.02 Å². The molecular formula is C19H18ClF2N3O3. The summed E-state index contributed by atoms with van der Waals surface area (Å²) < 4.78 is 30.1. The highest BCUT2D eigenvalue weighted by molar-refractivity contribution is 6.38. The molecular weight excluding hydrogens is 392 g/mol. The standard InChI is InChI=1S/C19H18ClF2N3O3/c20-14-15(24-13-5-23-7-19(13)1-2-19)11(22)3-8-16(14)25(12-4-10(12)21)6-9(17(8)26)18(27)28/h3,6,10,12-13,23-24H,1-2,4-5,7H2,(H,27,28)/t10-,12+,13+/m0/s1. The van der Waals surface area contributed by atoms with E-state index in [0.29, 0.717) is 6.54 Å². The second kappa shape index (κ2) is 5.90. The second-order valence-corrected chi connectivity index (χ2v) is 8.42. The lowest BCUT2D eigenvalue weighted by Gasteiger charge is -2.23. The van der Waals surface area contributed by atoms with E-state index in [0.717, 1.165) is 31.6 Å². The summed E-state index contributed by atoms with van der Waals surface area (Å²) in [4.78, 5) is 24.0. The molecule has 2 aliphatic carbocycles. The largest absolute Gasteiger partial charge is 0.477 e. The van der Waals surface area contributed by atoms with Crippen LogP contribution in [0.4, 0.5) is 14.5 Å². The number of rotatable bonds is 4. The Balaban J connectivity index is 1.70. The number of halogens is 3. The molecule has 0 amide bonds. The van der Waals surface area contributed by atoms with Crippen LogP contribution in [-0.2, 0) is 0 Å². The number of hydrogen-bond acceptors (Lipinski definition) is 4. The summed E-state index contributed by atoms with van der Waals surface area (Å²) in [6.07, 6.45) is 2.25. The Morgan fingerprint density at radius 2 is 2.14 bits per heavy atom. The van der Waals surface area contributed by atoms with Gasteiger partial charge in [-0.3, -0.25) is 4.79 Å². The Morgan fingerprint density at radius 3 is 2.75 bits per heavy atom. The first-order chi connectivity index (χ1) is 13.3. The number of alkyl halides is 1. The summed E-state index contributed by atoms with van der Waals surface area (Å²) in [5.41, 5.74) is -1.02. The summed E-state index contributed by atoms with van der Waals surface area (Å²) in [5.74, 6) is -2.16. The van der Waals surface area contributed by atoms with Gasteiger partial charge in [0, 0.05) is 37.2 Å². The molecule has 1 aliphatic heterocycles. The quantitative estimate of drug-likeness (QED) is 0.723. The number of fused-ring (bicyclic) bond motifs is 1.